The molecular weight excluding hydrogens is 770 g/mol. The number of allylic oxidation sites excluding steroid dienone is 6. The summed E-state index contributed by atoms with van der Waals surface area (Å²) >= 11 is 0. The number of hydrogen-bond acceptors (Lipinski definition) is 7. The van der Waals surface area contributed by atoms with E-state index < -0.39 is 13.9 Å². The van der Waals surface area contributed by atoms with Crippen molar-refractivity contribution in [1.29, 1.82) is 0 Å². The van der Waals surface area contributed by atoms with E-state index in [1.165, 1.54) is 154 Å². The molecule has 0 spiro atoms. The fourth-order valence-electron chi connectivity index (χ4n) is 6.98. The molecule has 0 fully saturated rings. The molecule has 0 heterocycles. The Morgan fingerprint density at radius 1 is 0.517 bits per heavy atom. The molecule has 8 nitrogen and oxygen atoms in total. The summed E-state index contributed by atoms with van der Waals surface area (Å²) < 4.78 is 34.7. The third kappa shape index (κ3) is 47.8. The van der Waals surface area contributed by atoms with Crippen molar-refractivity contribution in [3.05, 3.63) is 36.5 Å². The highest BCUT2D eigenvalue weighted by Crippen LogP contribution is 2.38. The van der Waals surface area contributed by atoms with Gasteiger partial charge in [-0.1, -0.05) is 185 Å². The Balaban J connectivity index is 4.03. The molecule has 354 valence electrons. The maximum absolute atomic E-state index is 12.7. The standard InChI is InChI=1S/C51H98NO7P/c1-6-8-10-12-14-16-18-20-21-22-23-24-25-26-27-28-29-30-31-32-33-35-37-39-41-43-46-56-48-50(49-58-60(54,55)57-47-45-52(3,4)5)59-51(53)44-42-40-38-36-34-19-17-15-13-11-9-7-2/h15,17-18,20,22-23,50H,6-14,16,19,21,24-49H2,1-5H3/b17-15-,20-18-,23-22-. The fraction of sp³-hybridized carbons (Fsp3) is 0.863. The Kier molecular flexibility index (Phi) is 43.4. The van der Waals surface area contributed by atoms with Crippen LogP contribution in [0.25, 0.3) is 0 Å². The minimum atomic E-state index is -4.53. The summed E-state index contributed by atoms with van der Waals surface area (Å²) in [7, 11) is 1.36. The van der Waals surface area contributed by atoms with E-state index in [9.17, 15) is 14.3 Å². The van der Waals surface area contributed by atoms with Crippen LogP contribution in [0, 0.1) is 0 Å². The van der Waals surface area contributed by atoms with Gasteiger partial charge >= 0.3 is 5.97 Å². The second kappa shape index (κ2) is 44.3. The zero-order chi connectivity index (χ0) is 44.1. The van der Waals surface area contributed by atoms with Gasteiger partial charge in [-0.05, 0) is 70.6 Å². The number of likely N-dealkylation sites (N-methyl/N-ethyl adjacent to an activating group) is 1. The molecule has 60 heavy (non-hydrogen) atoms. The number of hydrogen-bond donors (Lipinski definition) is 0. The number of phosphoric ester groups is 1. The smallest absolute Gasteiger partial charge is 0.306 e. The lowest BCUT2D eigenvalue weighted by atomic mass is 10.0. The number of phosphoric acid groups is 1. The second-order valence-corrected chi connectivity index (χ2v) is 19.6. The average molecular weight is 868 g/mol. The summed E-state index contributed by atoms with van der Waals surface area (Å²) in [4.78, 5) is 25.1. The van der Waals surface area contributed by atoms with Gasteiger partial charge in [0.25, 0.3) is 7.82 Å². The van der Waals surface area contributed by atoms with Crippen LogP contribution in [0.5, 0.6) is 0 Å². The molecule has 2 unspecified atom stereocenters. The van der Waals surface area contributed by atoms with E-state index in [0.717, 1.165) is 51.4 Å². The molecule has 0 amide bonds. The zero-order valence-corrected chi connectivity index (χ0v) is 41.1. The number of esters is 1. The first-order chi connectivity index (χ1) is 29.1. The van der Waals surface area contributed by atoms with Gasteiger partial charge in [0.1, 0.15) is 19.3 Å². The Morgan fingerprint density at radius 3 is 1.40 bits per heavy atom. The summed E-state index contributed by atoms with van der Waals surface area (Å²) in [5.74, 6) is -0.342. The van der Waals surface area contributed by atoms with Crippen molar-refractivity contribution in [2.24, 2.45) is 0 Å². The first-order valence-electron chi connectivity index (χ1n) is 25.2. The van der Waals surface area contributed by atoms with E-state index >= 15 is 0 Å². The van der Waals surface area contributed by atoms with Crippen LogP contribution in [-0.2, 0) is 27.9 Å². The van der Waals surface area contributed by atoms with Crippen molar-refractivity contribution in [3.63, 3.8) is 0 Å². The van der Waals surface area contributed by atoms with E-state index in [0.29, 0.717) is 24.1 Å². The number of unbranched alkanes of at least 4 members (excludes halogenated alkanes) is 27. The second-order valence-electron chi connectivity index (χ2n) is 18.2. The lowest BCUT2D eigenvalue weighted by molar-refractivity contribution is -0.870. The Hall–Kier alpha value is -1.28. The maximum atomic E-state index is 12.7. The van der Waals surface area contributed by atoms with Crippen molar-refractivity contribution >= 4 is 13.8 Å². The Bertz CT molecular complexity index is 1060. The maximum Gasteiger partial charge on any atom is 0.306 e. The van der Waals surface area contributed by atoms with Crippen LogP contribution in [0.15, 0.2) is 36.5 Å². The van der Waals surface area contributed by atoms with Crippen molar-refractivity contribution in [2.75, 3.05) is 54.1 Å². The van der Waals surface area contributed by atoms with Crippen LogP contribution < -0.4 is 4.89 Å². The van der Waals surface area contributed by atoms with Crippen LogP contribution in [-0.4, -0.2) is 70.7 Å². The highest BCUT2D eigenvalue weighted by Gasteiger charge is 2.20. The number of ether oxygens (including phenoxy) is 2. The van der Waals surface area contributed by atoms with Crippen molar-refractivity contribution in [1.82, 2.24) is 0 Å². The molecule has 0 saturated carbocycles. The molecule has 0 aliphatic carbocycles. The summed E-state index contributed by atoms with van der Waals surface area (Å²) in [5.41, 5.74) is 0. The van der Waals surface area contributed by atoms with Crippen molar-refractivity contribution in [2.45, 2.75) is 232 Å². The lowest BCUT2D eigenvalue weighted by Gasteiger charge is -2.28. The van der Waals surface area contributed by atoms with Crippen molar-refractivity contribution in [3.8, 4) is 0 Å². The van der Waals surface area contributed by atoms with E-state index in [4.69, 9.17) is 18.5 Å². The number of carbonyl (C=O) groups is 1. The molecule has 0 aliphatic heterocycles. The molecule has 0 N–H and O–H groups in total. The van der Waals surface area contributed by atoms with Gasteiger partial charge in [-0.2, -0.15) is 0 Å². The summed E-state index contributed by atoms with van der Waals surface area (Å²) in [6.45, 7) is 5.39. The molecule has 0 rings (SSSR count). The van der Waals surface area contributed by atoms with Gasteiger partial charge in [0.05, 0.1) is 34.4 Å². The summed E-state index contributed by atoms with van der Waals surface area (Å²) in [6.07, 6.45) is 53.2. The van der Waals surface area contributed by atoms with E-state index in [1.807, 2.05) is 21.1 Å². The first-order valence-corrected chi connectivity index (χ1v) is 26.7. The fourth-order valence-corrected chi connectivity index (χ4v) is 7.71. The number of rotatable bonds is 47. The highest BCUT2D eigenvalue weighted by atomic mass is 31.2. The average Bonchev–Trinajstić information content (AvgIpc) is 3.20. The highest BCUT2D eigenvalue weighted by molar-refractivity contribution is 7.45. The third-order valence-corrected chi connectivity index (χ3v) is 11.9. The van der Waals surface area contributed by atoms with Gasteiger partial charge in [0.2, 0.25) is 0 Å². The van der Waals surface area contributed by atoms with Crippen LogP contribution in [0.1, 0.15) is 226 Å². The first kappa shape index (κ1) is 58.7. The molecule has 0 saturated heterocycles. The molecule has 0 radical (unpaired) electrons. The van der Waals surface area contributed by atoms with Crippen LogP contribution in [0.2, 0.25) is 0 Å². The Morgan fingerprint density at radius 2 is 0.917 bits per heavy atom. The number of quaternary nitrogens is 1. The number of carbonyl (C=O) groups excluding carboxylic acids is 1. The van der Waals surface area contributed by atoms with Crippen molar-refractivity contribution < 1.29 is 37.3 Å². The van der Waals surface area contributed by atoms with Crippen LogP contribution in [0.4, 0.5) is 0 Å². The molecular formula is C51H98NO7P. The van der Waals surface area contributed by atoms with Gasteiger partial charge in [-0.3, -0.25) is 9.36 Å². The largest absolute Gasteiger partial charge is 0.756 e. The molecule has 0 bridgehead atoms. The number of nitrogens with zero attached hydrogens (tertiary/aromatic N) is 1. The van der Waals surface area contributed by atoms with E-state index in [2.05, 4.69) is 50.3 Å². The predicted octanol–water partition coefficient (Wildman–Crippen LogP) is 14.7. The Labute approximate surface area is 372 Å². The normalized spacial score (nSPS) is 13.9. The topological polar surface area (TPSA) is 94.1 Å². The minimum Gasteiger partial charge on any atom is -0.756 e. The molecule has 0 aliphatic rings. The van der Waals surface area contributed by atoms with E-state index in [1.54, 1.807) is 0 Å². The predicted molar refractivity (Wildman–Crippen MR) is 254 cm³/mol. The molecule has 9 heteroatoms. The van der Waals surface area contributed by atoms with Crippen LogP contribution in [0.3, 0.4) is 0 Å². The van der Waals surface area contributed by atoms with Gasteiger partial charge in [0.15, 0.2) is 0 Å². The minimum absolute atomic E-state index is 0.0251. The van der Waals surface area contributed by atoms with Crippen LogP contribution >= 0.6 is 7.82 Å². The van der Waals surface area contributed by atoms with Gasteiger partial charge in [-0.15, -0.1) is 0 Å². The van der Waals surface area contributed by atoms with Gasteiger partial charge in [0, 0.05) is 13.0 Å². The quantitative estimate of drug-likeness (QED) is 0.0198. The molecule has 0 aromatic heterocycles. The van der Waals surface area contributed by atoms with Gasteiger partial charge in [-0.25, -0.2) is 0 Å². The lowest BCUT2D eigenvalue weighted by Crippen LogP contribution is -2.37. The van der Waals surface area contributed by atoms with E-state index in [-0.39, 0.29) is 25.8 Å². The summed E-state index contributed by atoms with van der Waals surface area (Å²) in [5, 5.41) is 0. The molecule has 0 aromatic carbocycles. The summed E-state index contributed by atoms with van der Waals surface area (Å²) in [6, 6.07) is 0. The zero-order valence-electron chi connectivity index (χ0n) is 40.2. The van der Waals surface area contributed by atoms with Gasteiger partial charge < -0.3 is 27.9 Å². The monoisotopic (exact) mass is 868 g/mol. The SMILES string of the molecule is CCCCC/C=C\CCCCCCCC(=O)OC(COCCCCCCCCCCCCCCCC/C=C\C/C=C\CCCCCCC)COP(=O)([O-])OCC[N+](C)(C)C. The third-order valence-electron chi connectivity index (χ3n) is 10.9. The molecule has 0 aromatic rings. The molecule has 2 atom stereocenters.